The van der Waals surface area contributed by atoms with E-state index in [0.29, 0.717) is 35.3 Å². The molecule has 1 saturated heterocycles. The van der Waals surface area contributed by atoms with Crippen LogP contribution in [0.2, 0.25) is 0 Å². The molecule has 1 aliphatic rings. The van der Waals surface area contributed by atoms with Gasteiger partial charge in [0, 0.05) is 25.8 Å². The Morgan fingerprint density at radius 3 is 3.12 bits per heavy atom. The van der Waals surface area contributed by atoms with E-state index in [-0.39, 0.29) is 5.91 Å². The number of aromatic nitrogens is 4. The third-order valence-electron chi connectivity index (χ3n) is 4.29. The molecule has 1 atom stereocenters. The van der Waals surface area contributed by atoms with Crippen molar-refractivity contribution in [1.29, 1.82) is 0 Å². The number of fused-ring (bicyclic) bond motifs is 1. The van der Waals surface area contributed by atoms with Crippen molar-refractivity contribution in [2.75, 3.05) is 25.1 Å². The van der Waals surface area contributed by atoms with Crippen LogP contribution >= 0.6 is 0 Å². The molecular formula is C18H19N5O3. The predicted molar refractivity (Wildman–Crippen MR) is 95.1 cm³/mol. The lowest BCUT2D eigenvalue weighted by molar-refractivity contribution is 0.102. The molecule has 0 bridgehead atoms. The Morgan fingerprint density at radius 1 is 1.42 bits per heavy atom. The molecule has 1 unspecified atom stereocenters. The molecule has 4 rings (SSSR count). The molecule has 1 aliphatic heterocycles. The molecular weight excluding hydrogens is 334 g/mol. The van der Waals surface area contributed by atoms with Gasteiger partial charge in [-0.15, -0.1) is 5.10 Å². The van der Waals surface area contributed by atoms with Crippen molar-refractivity contribution in [2.45, 2.75) is 6.42 Å². The average molecular weight is 353 g/mol. The van der Waals surface area contributed by atoms with Gasteiger partial charge >= 0.3 is 0 Å². The fourth-order valence-corrected chi connectivity index (χ4v) is 2.87. The molecule has 0 spiro atoms. The molecule has 4 heterocycles. The van der Waals surface area contributed by atoms with E-state index < -0.39 is 0 Å². The second-order valence-electron chi connectivity index (χ2n) is 6.23. The molecule has 3 aromatic heterocycles. The maximum Gasteiger partial charge on any atom is 0.274 e. The molecule has 1 N–H and O–H groups in total. The summed E-state index contributed by atoms with van der Waals surface area (Å²) in [4.78, 5) is 20.7. The summed E-state index contributed by atoms with van der Waals surface area (Å²) in [6, 6.07) is 7.01. The Labute approximate surface area is 150 Å². The molecule has 0 radical (unpaired) electrons. The summed E-state index contributed by atoms with van der Waals surface area (Å²) < 4.78 is 12.9. The van der Waals surface area contributed by atoms with Crippen LogP contribution in [0.3, 0.4) is 0 Å². The smallest absolute Gasteiger partial charge is 0.274 e. The monoisotopic (exact) mass is 353 g/mol. The van der Waals surface area contributed by atoms with Crippen LogP contribution in [-0.4, -0.2) is 45.5 Å². The van der Waals surface area contributed by atoms with E-state index in [2.05, 4.69) is 20.4 Å². The van der Waals surface area contributed by atoms with Gasteiger partial charge < -0.3 is 14.8 Å². The number of pyridine rings is 2. The Balaban J connectivity index is 1.52. The van der Waals surface area contributed by atoms with Gasteiger partial charge in [0.05, 0.1) is 30.6 Å². The Bertz CT molecular complexity index is 919. The molecule has 3 aromatic rings. The van der Waals surface area contributed by atoms with Gasteiger partial charge in [0.1, 0.15) is 5.69 Å². The first-order chi connectivity index (χ1) is 12.7. The van der Waals surface area contributed by atoms with E-state index in [1.54, 1.807) is 35.3 Å². The minimum Gasteiger partial charge on any atom is -0.475 e. The van der Waals surface area contributed by atoms with E-state index in [4.69, 9.17) is 9.47 Å². The molecule has 1 fully saturated rings. The number of hydrogen-bond acceptors (Lipinski definition) is 6. The zero-order valence-corrected chi connectivity index (χ0v) is 14.4. The number of nitrogens with one attached hydrogen (secondary N) is 1. The molecule has 134 valence electrons. The van der Waals surface area contributed by atoms with Crippen LogP contribution in [0.4, 0.5) is 5.69 Å². The zero-order chi connectivity index (χ0) is 17.9. The number of nitrogens with zero attached hydrogens (tertiary/aromatic N) is 4. The van der Waals surface area contributed by atoms with Crippen molar-refractivity contribution >= 4 is 22.6 Å². The van der Waals surface area contributed by atoms with Crippen molar-refractivity contribution in [3.63, 3.8) is 0 Å². The lowest BCUT2D eigenvalue weighted by Gasteiger charge is -2.08. The van der Waals surface area contributed by atoms with Crippen molar-refractivity contribution < 1.29 is 14.3 Å². The van der Waals surface area contributed by atoms with E-state index in [1.807, 2.05) is 13.1 Å². The zero-order valence-electron chi connectivity index (χ0n) is 14.4. The minimum atomic E-state index is -0.286. The Hall–Kier alpha value is -3.00. The van der Waals surface area contributed by atoms with Gasteiger partial charge in [-0.2, -0.15) is 0 Å². The molecule has 1 amide bonds. The van der Waals surface area contributed by atoms with E-state index in [9.17, 15) is 4.79 Å². The number of anilines is 1. The van der Waals surface area contributed by atoms with Crippen molar-refractivity contribution in [3.05, 3.63) is 42.4 Å². The summed E-state index contributed by atoms with van der Waals surface area (Å²) in [7, 11) is 1.82. The van der Waals surface area contributed by atoms with Gasteiger partial charge in [-0.3, -0.25) is 14.5 Å². The van der Waals surface area contributed by atoms with Gasteiger partial charge in [-0.1, -0.05) is 6.07 Å². The number of hydrogen-bond donors (Lipinski definition) is 1. The Morgan fingerprint density at radius 2 is 2.35 bits per heavy atom. The molecule has 26 heavy (non-hydrogen) atoms. The highest BCUT2D eigenvalue weighted by Gasteiger charge is 2.19. The average Bonchev–Trinajstić information content (AvgIpc) is 3.29. The first kappa shape index (κ1) is 16.5. The number of rotatable bonds is 5. The van der Waals surface area contributed by atoms with Gasteiger partial charge in [0.2, 0.25) is 0 Å². The second kappa shape index (κ2) is 7.09. The second-order valence-corrected chi connectivity index (χ2v) is 6.23. The molecule has 0 aromatic carbocycles. The van der Waals surface area contributed by atoms with Gasteiger partial charge in [0.25, 0.3) is 11.8 Å². The molecule has 8 heteroatoms. The third kappa shape index (κ3) is 3.36. The van der Waals surface area contributed by atoms with Gasteiger partial charge in [0.15, 0.2) is 5.52 Å². The van der Waals surface area contributed by atoms with E-state index in [0.717, 1.165) is 25.2 Å². The normalized spacial score (nSPS) is 16.7. The number of ether oxygens (including phenoxy) is 2. The van der Waals surface area contributed by atoms with E-state index >= 15 is 0 Å². The summed E-state index contributed by atoms with van der Waals surface area (Å²) in [5.41, 5.74) is 2.37. The summed E-state index contributed by atoms with van der Waals surface area (Å²) in [6.45, 7) is 2.07. The van der Waals surface area contributed by atoms with Gasteiger partial charge in [-0.05, 0) is 24.6 Å². The topological polar surface area (TPSA) is 91.2 Å². The van der Waals surface area contributed by atoms with Crippen LogP contribution in [-0.2, 0) is 11.8 Å². The van der Waals surface area contributed by atoms with Crippen LogP contribution in [0, 0.1) is 5.92 Å². The van der Waals surface area contributed by atoms with Crippen LogP contribution in [0.5, 0.6) is 5.88 Å². The fourth-order valence-electron chi connectivity index (χ4n) is 2.87. The third-order valence-corrected chi connectivity index (χ3v) is 4.29. The summed E-state index contributed by atoms with van der Waals surface area (Å²) in [5.74, 6) is 0.604. The number of carbonyl (C=O) groups is 1. The van der Waals surface area contributed by atoms with Crippen LogP contribution in [0.15, 0.2) is 36.7 Å². The summed E-state index contributed by atoms with van der Waals surface area (Å²) in [5, 5.41) is 7.20. The first-order valence-corrected chi connectivity index (χ1v) is 8.46. The lowest BCUT2D eigenvalue weighted by Crippen LogP contribution is -2.13. The first-order valence-electron chi connectivity index (χ1n) is 8.46. The highest BCUT2D eigenvalue weighted by atomic mass is 16.5. The Kier molecular flexibility index (Phi) is 4.49. The number of aryl methyl sites for hydroxylation is 1. The molecule has 0 aliphatic carbocycles. The van der Waals surface area contributed by atoms with Crippen molar-refractivity contribution in [3.8, 4) is 5.88 Å². The largest absolute Gasteiger partial charge is 0.475 e. The van der Waals surface area contributed by atoms with Crippen molar-refractivity contribution in [2.24, 2.45) is 13.0 Å². The van der Waals surface area contributed by atoms with Crippen LogP contribution < -0.4 is 10.1 Å². The lowest BCUT2D eigenvalue weighted by atomic mass is 10.1. The van der Waals surface area contributed by atoms with Crippen molar-refractivity contribution in [1.82, 2.24) is 19.7 Å². The highest BCUT2D eigenvalue weighted by Crippen LogP contribution is 2.26. The quantitative estimate of drug-likeness (QED) is 0.755. The van der Waals surface area contributed by atoms with E-state index in [1.165, 1.54) is 0 Å². The fraction of sp³-hybridized carbons (Fsp3) is 0.333. The highest BCUT2D eigenvalue weighted by molar-refractivity contribution is 6.03. The number of carbonyl (C=O) groups excluding carboxylic acids is 1. The van der Waals surface area contributed by atoms with Gasteiger partial charge in [-0.25, -0.2) is 4.98 Å². The summed E-state index contributed by atoms with van der Waals surface area (Å²) >= 11 is 0. The summed E-state index contributed by atoms with van der Waals surface area (Å²) in [6.07, 6.45) is 4.18. The SMILES string of the molecule is Cn1nc(OCC2CCOC2)c2ncc(NC(=O)c3ccccn3)cc21. The molecule has 0 saturated carbocycles. The minimum absolute atomic E-state index is 0.286. The maximum atomic E-state index is 12.2. The van der Waals surface area contributed by atoms with Crippen LogP contribution in [0.1, 0.15) is 16.9 Å². The standard InChI is InChI=1S/C18H19N5O3/c1-23-15-8-13(21-17(24)14-4-2-3-6-19-14)9-20-16(15)18(22-23)26-11-12-5-7-25-10-12/h2-4,6,8-9,12H,5,7,10-11H2,1H3,(H,21,24). The number of amides is 1. The maximum absolute atomic E-state index is 12.2. The predicted octanol–water partition coefficient (Wildman–Crippen LogP) is 2.03. The van der Waals surface area contributed by atoms with Crippen LogP contribution in [0.25, 0.3) is 11.0 Å². The molecule has 8 nitrogen and oxygen atoms in total.